The summed E-state index contributed by atoms with van der Waals surface area (Å²) in [6.07, 6.45) is 5.89. The Morgan fingerprint density at radius 2 is 1.69 bits per heavy atom. The van der Waals surface area contributed by atoms with Crippen LogP contribution in [0.3, 0.4) is 0 Å². The van der Waals surface area contributed by atoms with Crippen LogP contribution in [0.15, 0.2) is 54.6 Å². The first-order valence-electron chi connectivity index (χ1n) is 10.0. The van der Waals surface area contributed by atoms with Crippen LogP contribution < -0.4 is 16.0 Å². The van der Waals surface area contributed by atoms with Gasteiger partial charge in [0.25, 0.3) is 11.8 Å². The number of carbonyl (C=O) groups excluding carboxylic acids is 2. The molecule has 1 unspecified atom stereocenters. The number of hydrogen-bond donors (Lipinski definition) is 2. The summed E-state index contributed by atoms with van der Waals surface area (Å²) < 4.78 is 0. The van der Waals surface area contributed by atoms with E-state index in [9.17, 15) is 9.59 Å². The SMILES string of the molecule is CN(C(=O)c1cccc(C(=O)NC(CN)C2CCCCC2)c1)c1ccccc1.Cl. The van der Waals surface area contributed by atoms with Crippen molar-refractivity contribution in [2.45, 2.75) is 38.1 Å². The Morgan fingerprint density at radius 1 is 1.03 bits per heavy atom. The van der Waals surface area contributed by atoms with Gasteiger partial charge in [0.05, 0.1) is 0 Å². The van der Waals surface area contributed by atoms with Gasteiger partial charge in [-0.25, -0.2) is 0 Å². The summed E-state index contributed by atoms with van der Waals surface area (Å²) in [5, 5.41) is 3.09. The number of hydrogen-bond acceptors (Lipinski definition) is 3. The fourth-order valence-electron chi connectivity index (χ4n) is 3.91. The minimum Gasteiger partial charge on any atom is -0.348 e. The number of nitrogens with zero attached hydrogens (tertiary/aromatic N) is 1. The highest BCUT2D eigenvalue weighted by molar-refractivity contribution is 6.07. The molecule has 1 atom stereocenters. The summed E-state index contributed by atoms with van der Waals surface area (Å²) in [6.45, 7) is 0.436. The third-order valence-electron chi connectivity index (χ3n) is 5.61. The maximum absolute atomic E-state index is 12.8. The van der Waals surface area contributed by atoms with Crippen LogP contribution in [0.1, 0.15) is 52.8 Å². The lowest BCUT2D eigenvalue weighted by Crippen LogP contribution is -2.46. The Kier molecular flexibility index (Phi) is 8.68. The molecule has 0 saturated heterocycles. The second-order valence-corrected chi connectivity index (χ2v) is 7.49. The minimum atomic E-state index is -0.168. The van der Waals surface area contributed by atoms with Crippen molar-refractivity contribution in [3.8, 4) is 0 Å². The zero-order valence-electron chi connectivity index (χ0n) is 16.8. The number of benzene rings is 2. The van der Waals surface area contributed by atoms with Gasteiger partial charge in [0, 0.05) is 36.4 Å². The predicted octanol–water partition coefficient (Wildman–Crippen LogP) is 4.02. The van der Waals surface area contributed by atoms with Crippen LogP contribution in [0.2, 0.25) is 0 Å². The molecule has 0 spiro atoms. The predicted molar refractivity (Wildman–Crippen MR) is 120 cm³/mol. The summed E-state index contributed by atoms with van der Waals surface area (Å²) in [5.74, 6) is 0.123. The van der Waals surface area contributed by atoms with Gasteiger partial charge < -0.3 is 16.0 Å². The highest BCUT2D eigenvalue weighted by atomic mass is 35.5. The molecule has 1 fully saturated rings. The maximum Gasteiger partial charge on any atom is 0.258 e. The monoisotopic (exact) mass is 415 g/mol. The van der Waals surface area contributed by atoms with Crippen LogP contribution in [0, 0.1) is 5.92 Å². The molecule has 0 aromatic heterocycles. The average molecular weight is 416 g/mol. The molecule has 2 aromatic rings. The Labute approximate surface area is 179 Å². The van der Waals surface area contributed by atoms with E-state index in [4.69, 9.17) is 5.73 Å². The van der Waals surface area contributed by atoms with Gasteiger partial charge in [-0.1, -0.05) is 43.5 Å². The number of nitrogens with one attached hydrogen (secondary N) is 1. The molecule has 0 radical (unpaired) electrons. The molecule has 3 N–H and O–H groups in total. The first-order valence-corrected chi connectivity index (χ1v) is 10.0. The molecular weight excluding hydrogens is 386 g/mol. The zero-order valence-corrected chi connectivity index (χ0v) is 17.7. The number of nitrogens with two attached hydrogens (primary N) is 1. The number of rotatable bonds is 6. The van der Waals surface area contributed by atoms with Crippen LogP contribution in [-0.4, -0.2) is 31.4 Å². The van der Waals surface area contributed by atoms with Gasteiger partial charge >= 0.3 is 0 Å². The molecule has 6 heteroatoms. The van der Waals surface area contributed by atoms with Crippen LogP contribution in [0.4, 0.5) is 5.69 Å². The van der Waals surface area contributed by atoms with E-state index in [2.05, 4.69) is 5.32 Å². The fourth-order valence-corrected chi connectivity index (χ4v) is 3.91. The molecule has 0 aliphatic heterocycles. The third kappa shape index (κ3) is 5.81. The molecule has 1 aliphatic rings. The van der Waals surface area contributed by atoms with Crippen LogP contribution >= 0.6 is 12.4 Å². The zero-order chi connectivity index (χ0) is 19.9. The van der Waals surface area contributed by atoms with E-state index in [1.165, 1.54) is 19.3 Å². The number of anilines is 1. The van der Waals surface area contributed by atoms with E-state index >= 15 is 0 Å². The third-order valence-corrected chi connectivity index (χ3v) is 5.61. The molecule has 2 aromatic carbocycles. The van der Waals surface area contributed by atoms with E-state index < -0.39 is 0 Å². The largest absolute Gasteiger partial charge is 0.348 e. The summed E-state index contributed by atoms with van der Waals surface area (Å²) in [7, 11) is 1.73. The molecule has 156 valence electrons. The van der Waals surface area contributed by atoms with Gasteiger partial charge in [0.2, 0.25) is 0 Å². The maximum atomic E-state index is 12.8. The lowest BCUT2D eigenvalue weighted by atomic mass is 9.84. The highest BCUT2D eigenvalue weighted by Crippen LogP contribution is 2.26. The molecule has 0 heterocycles. The van der Waals surface area contributed by atoms with Crippen molar-refractivity contribution in [1.29, 1.82) is 0 Å². The smallest absolute Gasteiger partial charge is 0.258 e. The molecule has 5 nitrogen and oxygen atoms in total. The van der Waals surface area contributed by atoms with Crippen LogP contribution in [-0.2, 0) is 0 Å². The molecule has 1 aliphatic carbocycles. The Hall–Kier alpha value is -2.37. The van der Waals surface area contributed by atoms with Crippen molar-refractivity contribution in [2.24, 2.45) is 11.7 Å². The van der Waals surface area contributed by atoms with Gasteiger partial charge in [-0.3, -0.25) is 9.59 Å². The lowest BCUT2D eigenvalue weighted by molar-refractivity contribution is 0.0915. The van der Waals surface area contributed by atoms with Crippen molar-refractivity contribution >= 4 is 29.9 Å². The topological polar surface area (TPSA) is 75.4 Å². The minimum absolute atomic E-state index is 0. The van der Waals surface area contributed by atoms with Gasteiger partial charge in [0.15, 0.2) is 0 Å². The number of amides is 2. The second-order valence-electron chi connectivity index (χ2n) is 7.49. The fraction of sp³-hybridized carbons (Fsp3) is 0.391. The summed E-state index contributed by atoms with van der Waals surface area (Å²) in [4.78, 5) is 27.2. The quantitative estimate of drug-likeness (QED) is 0.748. The number of carbonyl (C=O) groups is 2. The van der Waals surface area contributed by atoms with Crippen molar-refractivity contribution in [2.75, 3.05) is 18.5 Å². The molecule has 2 amide bonds. The van der Waals surface area contributed by atoms with Gasteiger partial charge in [0.1, 0.15) is 0 Å². The number of halogens is 1. The van der Waals surface area contributed by atoms with Gasteiger partial charge in [-0.2, -0.15) is 0 Å². The molecule has 1 saturated carbocycles. The van der Waals surface area contributed by atoms with Crippen molar-refractivity contribution < 1.29 is 9.59 Å². The normalized spacial score (nSPS) is 15.1. The average Bonchev–Trinajstić information content (AvgIpc) is 2.77. The molecule has 0 bridgehead atoms. The van der Waals surface area contributed by atoms with Crippen molar-refractivity contribution in [3.63, 3.8) is 0 Å². The van der Waals surface area contributed by atoms with E-state index in [1.54, 1.807) is 36.2 Å². The van der Waals surface area contributed by atoms with Gasteiger partial charge in [-0.05, 0) is 49.1 Å². The first kappa shape index (κ1) is 22.9. The Morgan fingerprint density at radius 3 is 2.34 bits per heavy atom. The van der Waals surface area contributed by atoms with E-state index in [1.807, 2.05) is 30.3 Å². The van der Waals surface area contributed by atoms with Crippen LogP contribution in [0.5, 0.6) is 0 Å². The van der Waals surface area contributed by atoms with E-state index in [-0.39, 0.29) is 30.3 Å². The molecule has 3 rings (SSSR count). The first-order chi connectivity index (χ1) is 13.6. The summed E-state index contributed by atoms with van der Waals surface area (Å²) in [6, 6.07) is 16.3. The molecule has 29 heavy (non-hydrogen) atoms. The van der Waals surface area contributed by atoms with E-state index in [0.29, 0.717) is 23.6 Å². The Bertz CT molecular complexity index is 807. The summed E-state index contributed by atoms with van der Waals surface area (Å²) >= 11 is 0. The molecular formula is C23H30ClN3O2. The van der Waals surface area contributed by atoms with Gasteiger partial charge in [-0.15, -0.1) is 12.4 Å². The number of para-hydroxylation sites is 1. The Balaban J connectivity index is 0.00000300. The van der Waals surface area contributed by atoms with E-state index in [0.717, 1.165) is 18.5 Å². The van der Waals surface area contributed by atoms with Crippen molar-refractivity contribution in [1.82, 2.24) is 5.32 Å². The lowest BCUT2D eigenvalue weighted by Gasteiger charge is -2.30. The summed E-state index contributed by atoms with van der Waals surface area (Å²) in [5.41, 5.74) is 7.72. The standard InChI is InChI=1S/C23H29N3O2.ClH/c1-26(20-13-6-3-7-14-20)23(28)19-12-8-11-18(15-19)22(27)25-21(16-24)17-9-4-2-5-10-17;/h3,6-8,11-15,17,21H,2,4-5,9-10,16,24H2,1H3,(H,25,27);1H. The van der Waals surface area contributed by atoms with Crippen molar-refractivity contribution in [3.05, 3.63) is 65.7 Å². The second kappa shape index (κ2) is 11.0. The van der Waals surface area contributed by atoms with Crippen LogP contribution in [0.25, 0.3) is 0 Å². The highest BCUT2D eigenvalue weighted by Gasteiger charge is 2.24.